The van der Waals surface area contributed by atoms with Gasteiger partial charge in [0.15, 0.2) is 0 Å². The fourth-order valence-corrected chi connectivity index (χ4v) is 3.61. The molecule has 0 spiro atoms. The molecule has 2 bridgehead atoms. The molecule has 1 aliphatic heterocycles. The van der Waals surface area contributed by atoms with E-state index in [-0.39, 0.29) is 18.1 Å². The lowest BCUT2D eigenvalue weighted by Crippen LogP contribution is -2.40. The third-order valence-corrected chi connectivity index (χ3v) is 4.40. The van der Waals surface area contributed by atoms with Gasteiger partial charge in [-0.3, -0.25) is 4.79 Å². The zero-order valence-corrected chi connectivity index (χ0v) is 11.8. The highest BCUT2D eigenvalue weighted by Crippen LogP contribution is 2.40. The molecule has 0 aromatic carbocycles. The van der Waals surface area contributed by atoms with Gasteiger partial charge in [0.1, 0.15) is 11.5 Å². The minimum atomic E-state index is 0.103. The van der Waals surface area contributed by atoms with Gasteiger partial charge in [0.2, 0.25) is 0 Å². The number of nitrogens with zero attached hydrogens (tertiary/aromatic N) is 1. The topological polar surface area (TPSA) is 42.7 Å². The monoisotopic (exact) mass is 263 g/mol. The fraction of sp³-hybridized carbons (Fsp3) is 0.667. The lowest BCUT2D eigenvalue weighted by atomic mass is 10.1. The second-order valence-corrected chi connectivity index (χ2v) is 5.61. The van der Waals surface area contributed by atoms with E-state index in [2.05, 4.69) is 0 Å². The molecule has 1 saturated carbocycles. The molecule has 1 amide bonds. The summed E-state index contributed by atoms with van der Waals surface area (Å²) in [5.41, 5.74) is 0.709. The van der Waals surface area contributed by atoms with Crippen LogP contribution >= 0.6 is 0 Å². The second-order valence-electron chi connectivity index (χ2n) is 5.61. The Balaban J connectivity index is 1.81. The van der Waals surface area contributed by atoms with Crippen molar-refractivity contribution in [2.45, 2.75) is 45.8 Å². The summed E-state index contributed by atoms with van der Waals surface area (Å²) in [6.07, 6.45) is 2.49. The zero-order valence-electron chi connectivity index (χ0n) is 11.8. The van der Waals surface area contributed by atoms with E-state index in [1.807, 2.05) is 31.7 Å². The summed E-state index contributed by atoms with van der Waals surface area (Å²) in [7, 11) is 0. The Kier molecular flexibility index (Phi) is 3.13. The molecule has 4 nitrogen and oxygen atoms in total. The summed E-state index contributed by atoms with van der Waals surface area (Å²) in [5, 5.41) is 0. The SMILES string of the molecule is CCO[C@@H]1[C@H]2CC[C@H]1N(C(=O)c1cc(C)oc1C)C2. The van der Waals surface area contributed by atoms with Crippen LogP contribution in [-0.4, -0.2) is 36.1 Å². The Bertz CT molecular complexity index is 494. The third kappa shape index (κ3) is 1.98. The summed E-state index contributed by atoms with van der Waals surface area (Å²) >= 11 is 0. The number of rotatable bonds is 3. The van der Waals surface area contributed by atoms with Crippen molar-refractivity contribution in [3.63, 3.8) is 0 Å². The molecule has 1 aromatic rings. The van der Waals surface area contributed by atoms with Gasteiger partial charge in [-0.25, -0.2) is 0 Å². The quantitative estimate of drug-likeness (QED) is 0.841. The van der Waals surface area contributed by atoms with Gasteiger partial charge in [-0.2, -0.15) is 0 Å². The van der Waals surface area contributed by atoms with Gasteiger partial charge >= 0.3 is 0 Å². The zero-order chi connectivity index (χ0) is 13.6. The normalized spacial score (nSPS) is 29.2. The van der Waals surface area contributed by atoms with Crippen LogP contribution in [0.3, 0.4) is 0 Å². The molecule has 1 saturated heterocycles. The molecule has 0 unspecified atom stereocenters. The van der Waals surface area contributed by atoms with Crippen LogP contribution in [0.4, 0.5) is 0 Å². The van der Waals surface area contributed by atoms with Crippen LogP contribution in [0, 0.1) is 19.8 Å². The number of hydrogen-bond acceptors (Lipinski definition) is 3. The number of furan rings is 1. The predicted molar refractivity (Wildman–Crippen MR) is 71.1 cm³/mol. The van der Waals surface area contributed by atoms with Crippen molar-refractivity contribution in [3.05, 3.63) is 23.2 Å². The number of fused-ring (bicyclic) bond motifs is 2. The smallest absolute Gasteiger partial charge is 0.257 e. The Hall–Kier alpha value is -1.29. The van der Waals surface area contributed by atoms with Crippen LogP contribution in [0.2, 0.25) is 0 Å². The van der Waals surface area contributed by atoms with Crippen molar-refractivity contribution < 1.29 is 13.9 Å². The Morgan fingerprint density at radius 3 is 2.89 bits per heavy atom. The maximum Gasteiger partial charge on any atom is 0.257 e. The molecule has 3 rings (SSSR count). The number of likely N-dealkylation sites (tertiary alicyclic amines) is 1. The van der Waals surface area contributed by atoms with Gasteiger partial charge < -0.3 is 14.1 Å². The van der Waals surface area contributed by atoms with Crippen molar-refractivity contribution in [2.75, 3.05) is 13.2 Å². The summed E-state index contributed by atoms with van der Waals surface area (Å²) in [5.74, 6) is 2.14. The van der Waals surface area contributed by atoms with E-state index in [9.17, 15) is 4.79 Å². The minimum absolute atomic E-state index is 0.103. The van der Waals surface area contributed by atoms with E-state index >= 15 is 0 Å². The van der Waals surface area contributed by atoms with Crippen LogP contribution in [0.5, 0.6) is 0 Å². The first-order valence-electron chi connectivity index (χ1n) is 7.11. The molecular weight excluding hydrogens is 242 g/mol. The number of ether oxygens (including phenoxy) is 1. The Morgan fingerprint density at radius 2 is 2.26 bits per heavy atom. The first kappa shape index (κ1) is 12.7. The highest BCUT2D eigenvalue weighted by Gasteiger charge is 2.49. The highest BCUT2D eigenvalue weighted by atomic mass is 16.5. The average Bonchev–Trinajstić information content (AvgIpc) is 3.02. The van der Waals surface area contributed by atoms with Crippen LogP contribution in [-0.2, 0) is 4.74 Å². The van der Waals surface area contributed by atoms with E-state index in [1.54, 1.807) is 0 Å². The van der Waals surface area contributed by atoms with Crippen molar-refractivity contribution in [1.29, 1.82) is 0 Å². The number of aryl methyl sites for hydroxylation is 2. The number of piperidine rings is 1. The van der Waals surface area contributed by atoms with Crippen molar-refractivity contribution in [1.82, 2.24) is 4.90 Å². The molecule has 2 heterocycles. The fourth-order valence-electron chi connectivity index (χ4n) is 3.61. The predicted octanol–water partition coefficient (Wildman–Crippen LogP) is 2.54. The molecule has 1 aliphatic carbocycles. The molecule has 2 aliphatic rings. The van der Waals surface area contributed by atoms with Gasteiger partial charge in [-0.1, -0.05) is 0 Å². The maximum absolute atomic E-state index is 12.6. The van der Waals surface area contributed by atoms with E-state index in [0.717, 1.165) is 31.1 Å². The van der Waals surface area contributed by atoms with Gasteiger partial charge in [-0.15, -0.1) is 0 Å². The first-order valence-corrected chi connectivity index (χ1v) is 7.11. The van der Waals surface area contributed by atoms with Crippen LogP contribution in [0.25, 0.3) is 0 Å². The molecule has 4 heteroatoms. The summed E-state index contributed by atoms with van der Waals surface area (Å²) in [4.78, 5) is 14.6. The average molecular weight is 263 g/mol. The number of carbonyl (C=O) groups is 1. The third-order valence-electron chi connectivity index (χ3n) is 4.40. The van der Waals surface area contributed by atoms with E-state index in [4.69, 9.17) is 9.15 Å². The number of hydrogen-bond donors (Lipinski definition) is 0. The summed E-state index contributed by atoms with van der Waals surface area (Å²) in [6.45, 7) is 7.31. The molecule has 3 atom stereocenters. The standard InChI is InChI=1S/C15H21NO3/c1-4-18-14-11-5-6-13(14)16(8-11)15(17)12-7-9(2)19-10(12)3/h7,11,13-14H,4-6,8H2,1-3H3/t11-,13+,14+/m0/s1. The second kappa shape index (κ2) is 4.67. The molecule has 0 radical (unpaired) electrons. The van der Waals surface area contributed by atoms with Gasteiger partial charge in [0.25, 0.3) is 5.91 Å². The number of amides is 1. The molecular formula is C15H21NO3. The van der Waals surface area contributed by atoms with Gasteiger partial charge in [-0.05, 0) is 39.7 Å². The maximum atomic E-state index is 12.6. The Morgan fingerprint density at radius 1 is 1.47 bits per heavy atom. The van der Waals surface area contributed by atoms with Crippen LogP contribution in [0.1, 0.15) is 41.6 Å². The van der Waals surface area contributed by atoms with Crippen molar-refractivity contribution in [3.8, 4) is 0 Å². The van der Waals surface area contributed by atoms with Crippen LogP contribution in [0.15, 0.2) is 10.5 Å². The van der Waals surface area contributed by atoms with Gasteiger partial charge in [0.05, 0.1) is 17.7 Å². The largest absolute Gasteiger partial charge is 0.466 e. The molecule has 104 valence electrons. The summed E-state index contributed by atoms with van der Waals surface area (Å²) in [6, 6.07) is 2.10. The van der Waals surface area contributed by atoms with Crippen molar-refractivity contribution in [2.24, 2.45) is 5.92 Å². The first-order chi connectivity index (χ1) is 9.11. The minimum Gasteiger partial charge on any atom is -0.466 e. The van der Waals surface area contributed by atoms with E-state index < -0.39 is 0 Å². The molecule has 2 fully saturated rings. The van der Waals surface area contributed by atoms with Crippen molar-refractivity contribution >= 4 is 5.91 Å². The van der Waals surface area contributed by atoms with Crippen LogP contribution < -0.4 is 0 Å². The molecule has 1 aromatic heterocycles. The Labute approximate surface area is 113 Å². The van der Waals surface area contributed by atoms with E-state index in [1.165, 1.54) is 6.42 Å². The van der Waals surface area contributed by atoms with Gasteiger partial charge in [0, 0.05) is 19.1 Å². The molecule has 0 N–H and O–H groups in total. The highest BCUT2D eigenvalue weighted by molar-refractivity contribution is 5.95. The number of carbonyl (C=O) groups excluding carboxylic acids is 1. The van der Waals surface area contributed by atoms with E-state index in [0.29, 0.717) is 11.5 Å². The lowest BCUT2D eigenvalue weighted by Gasteiger charge is -2.27. The molecule has 19 heavy (non-hydrogen) atoms. The lowest BCUT2D eigenvalue weighted by molar-refractivity contribution is 0.0332. The summed E-state index contributed by atoms with van der Waals surface area (Å²) < 4.78 is 11.3.